The molecule has 188 valence electrons. The minimum Gasteiger partial charge on any atom is -0.507 e. The normalized spacial score (nSPS) is 17.7. The summed E-state index contributed by atoms with van der Waals surface area (Å²) in [4.78, 5) is 5.09. The van der Waals surface area contributed by atoms with Gasteiger partial charge >= 0.3 is 0 Å². The third kappa shape index (κ3) is 6.39. The molecule has 5 rings (SSSR count). The van der Waals surface area contributed by atoms with Crippen LogP contribution in [0.1, 0.15) is 51.4 Å². The molecule has 0 aromatic heterocycles. The zero-order chi connectivity index (χ0) is 23.9. The summed E-state index contributed by atoms with van der Waals surface area (Å²) in [5.74, 6) is 1.97. The van der Waals surface area contributed by atoms with Gasteiger partial charge in [-0.15, -0.1) is 0 Å². The Morgan fingerprint density at radius 1 is 0.600 bits per heavy atom. The highest BCUT2D eigenvalue weighted by atomic mass is 16.5. The molecular weight excluding hydrogens is 436 g/mol. The van der Waals surface area contributed by atoms with E-state index in [1.54, 1.807) is 0 Å². The van der Waals surface area contributed by atoms with Gasteiger partial charge in [-0.1, -0.05) is 18.9 Å². The van der Waals surface area contributed by atoms with E-state index < -0.39 is 0 Å². The van der Waals surface area contributed by atoms with Crippen molar-refractivity contribution in [3.63, 3.8) is 0 Å². The van der Waals surface area contributed by atoms with E-state index in [0.717, 1.165) is 65.6 Å². The number of fused-ring (bicyclic) bond motifs is 3. The van der Waals surface area contributed by atoms with Crippen molar-refractivity contribution in [1.29, 1.82) is 0 Å². The molecule has 35 heavy (non-hydrogen) atoms. The molecule has 2 heterocycles. The molecule has 0 amide bonds. The Hall–Kier alpha value is -2.50. The van der Waals surface area contributed by atoms with Crippen LogP contribution in [0.5, 0.6) is 17.2 Å². The van der Waals surface area contributed by atoms with Gasteiger partial charge in [0.05, 0.1) is 13.2 Å². The topological polar surface area (TPSA) is 45.2 Å². The number of ether oxygens (including phenoxy) is 2. The molecule has 0 unspecified atom stereocenters. The largest absolute Gasteiger partial charge is 0.507 e. The SMILES string of the molecule is Oc1cc2cc(OCCCN3CCCCC3)ccc2c2ccc(OCCCN3CCCCC3)cc12. The van der Waals surface area contributed by atoms with E-state index in [4.69, 9.17) is 9.47 Å². The molecule has 0 spiro atoms. The second-order valence-electron chi connectivity index (χ2n) is 10.2. The van der Waals surface area contributed by atoms with Crippen molar-refractivity contribution >= 4 is 21.5 Å². The Labute approximate surface area is 209 Å². The van der Waals surface area contributed by atoms with Crippen LogP contribution in [0.25, 0.3) is 21.5 Å². The molecule has 2 fully saturated rings. The molecule has 2 saturated heterocycles. The second kappa shape index (κ2) is 12.0. The fourth-order valence-electron chi connectivity index (χ4n) is 5.60. The molecule has 0 bridgehead atoms. The zero-order valence-electron chi connectivity index (χ0n) is 21.0. The number of hydrogen-bond donors (Lipinski definition) is 1. The maximum absolute atomic E-state index is 10.8. The lowest BCUT2D eigenvalue weighted by Crippen LogP contribution is -2.31. The first-order chi connectivity index (χ1) is 17.3. The number of likely N-dealkylation sites (tertiary alicyclic amines) is 2. The average Bonchev–Trinajstić information content (AvgIpc) is 2.90. The van der Waals surface area contributed by atoms with Gasteiger partial charge in [-0.25, -0.2) is 0 Å². The highest BCUT2D eigenvalue weighted by molar-refractivity contribution is 6.10. The van der Waals surface area contributed by atoms with Crippen molar-refractivity contribution in [2.75, 3.05) is 52.5 Å². The molecule has 3 aromatic rings. The van der Waals surface area contributed by atoms with Gasteiger partial charge in [-0.3, -0.25) is 0 Å². The third-order valence-electron chi connectivity index (χ3n) is 7.54. The van der Waals surface area contributed by atoms with Crippen LogP contribution in [-0.4, -0.2) is 67.4 Å². The molecule has 0 saturated carbocycles. The van der Waals surface area contributed by atoms with E-state index in [1.807, 2.05) is 30.3 Å². The fourth-order valence-corrected chi connectivity index (χ4v) is 5.60. The second-order valence-corrected chi connectivity index (χ2v) is 10.2. The number of rotatable bonds is 10. The minimum absolute atomic E-state index is 0.286. The smallest absolute Gasteiger partial charge is 0.124 e. The highest BCUT2D eigenvalue weighted by Gasteiger charge is 2.12. The molecule has 3 aromatic carbocycles. The van der Waals surface area contributed by atoms with Crippen LogP contribution in [0.4, 0.5) is 0 Å². The van der Waals surface area contributed by atoms with Gasteiger partial charge in [0.2, 0.25) is 0 Å². The lowest BCUT2D eigenvalue weighted by molar-refractivity contribution is 0.205. The number of hydrogen-bond acceptors (Lipinski definition) is 5. The number of aromatic hydroxyl groups is 1. The summed E-state index contributed by atoms with van der Waals surface area (Å²) < 4.78 is 12.1. The van der Waals surface area contributed by atoms with E-state index in [-0.39, 0.29) is 5.75 Å². The summed E-state index contributed by atoms with van der Waals surface area (Å²) in [6.07, 6.45) is 10.1. The summed E-state index contributed by atoms with van der Waals surface area (Å²) >= 11 is 0. The number of nitrogens with zero attached hydrogens (tertiary/aromatic N) is 2. The Bertz CT molecular complexity index is 1100. The quantitative estimate of drug-likeness (QED) is 0.278. The summed E-state index contributed by atoms with van der Waals surface area (Å²) in [6, 6.07) is 14.1. The molecule has 0 radical (unpaired) electrons. The van der Waals surface area contributed by atoms with Crippen LogP contribution in [0, 0.1) is 0 Å². The van der Waals surface area contributed by atoms with Crippen LogP contribution in [0.15, 0.2) is 42.5 Å². The van der Waals surface area contributed by atoms with Crippen molar-refractivity contribution in [2.45, 2.75) is 51.4 Å². The van der Waals surface area contributed by atoms with Crippen LogP contribution < -0.4 is 9.47 Å². The predicted molar refractivity (Wildman–Crippen MR) is 144 cm³/mol. The predicted octanol–water partition coefficient (Wildman–Crippen LogP) is 6.21. The maximum Gasteiger partial charge on any atom is 0.124 e. The van der Waals surface area contributed by atoms with Crippen molar-refractivity contribution in [3.8, 4) is 17.2 Å². The molecule has 5 nitrogen and oxygen atoms in total. The molecule has 1 N–H and O–H groups in total. The Morgan fingerprint density at radius 3 is 1.74 bits per heavy atom. The first-order valence-corrected chi connectivity index (χ1v) is 13.7. The molecule has 5 heteroatoms. The van der Waals surface area contributed by atoms with Crippen LogP contribution >= 0.6 is 0 Å². The van der Waals surface area contributed by atoms with Gasteiger partial charge in [0, 0.05) is 18.5 Å². The standard InChI is InChI=1S/C30H40N2O3/c33-30-22-24-21-25(34-19-7-17-31-13-3-1-4-14-31)9-11-27(24)28-12-10-26(23-29(28)30)35-20-8-18-32-15-5-2-6-16-32/h9-12,21-23,33H,1-8,13-20H2. The summed E-state index contributed by atoms with van der Waals surface area (Å²) in [7, 11) is 0. The first kappa shape index (κ1) is 24.2. The number of piperidine rings is 2. The maximum atomic E-state index is 10.8. The monoisotopic (exact) mass is 476 g/mol. The summed E-state index contributed by atoms with van der Waals surface area (Å²) in [5.41, 5.74) is 0. The molecule has 2 aliphatic heterocycles. The summed E-state index contributed by atoms with van der Waals surface area (Å²) in [5, 5.41) is 14.8. The zero-order valence-corrected chi connectivity index (χ0v) is 21.0. The molecule has 2 aliphatic rings. The van der Waals surface area contributed by atoms with Crippen LogP contribution in [0.2, 0.25) is 0 Å². The van der Waals surface area contributed by atoms with Crippen molar-refractivity contribution in [2.24, 2.45) is 0 Å². The van der Waals surface area contributed by atoms with Crippen molar-refractivity contribution in [3.05, 3.63) is 42.5 Å². The van der Waals surface area contributed by atoms with Gasteiger partial charge in [-0.2, -0.15) is 0 Å². The lowest BCUT2D eigenvalue weighted by atomic mass is 10.0. The number of phenolic OH excluding ortho intramolecular Hbond substituents is 1. The number of benzene rings is 3. The highest BCUT2D eigenvalue weighted by Crippen LogP contribution is 2.36. The van der Waals surface area contributed by atoms with Crippen molar-refractivity contribution in [1.82, 2.24) is 9.80 Å². The van der Waals surface area contributed by atoms with Crippen LogP contribution in [0.3, 0.4) is 0 Å². The van der Waals surface area contributed by atoms with E-state index in [1.165, 1.54) is 64.7 Å². The number of phenols is 1. The van der Waals surface area contributed by atoms with Crippen LogP contribution in [-0.2, 0) is 0 Å². The minimum atomic E-state index is 0.286. The van der Waals surface area contributed by atoms with E-state index >= 15 is 0 Å². The third-order valence-corrected chi connectivity index (χ3v) is 7.54. The summed E-state index contributed by atoms with van der Waals surface area (Å²) in [6.45, 7) is 8.55. The Kier molecular flexibility index (Phi) is 8.27. The molecule has 0 aliphatic carbocycles. The average molecular weight is 477 g/mol. The fraction of sp³-hybridized carbons (Fsp3) is 0.533. The van der Waals surface area contributed by atoms with Crippen molar-refractivity contribution < 1.29 is 14.6 Å². The van der Waals surface area contributed by atoms with Gasteiger partial charge < -0.3 is 24.4 Å². The molecule has 0 atom stereocenters. The Balaban J connectivity index is 1.18. The first-order valence-electron chi connectivity index (χ1n) is 13.7. The van der Waals surface area contributed by atoms with E-state index in [2.05, 4.69) is 21.9 Å². The van der Waals surface area contributed by atoms with E-state index in [0.29, 0.717) is 6.61 Å². The molecular formula is C30H40N2O3. The van der Waals surface area contributed by atoms with Gasteiger partial charge in [0.15, 0.2) is 0 Å². The van der Waals surface area contributed by atoms with Gasteiger partial charge in [-0.05, 0) is 117 Å². The van der Waals surface area contributed by atoms with E-state index in [9.17, 15) is 5.11 Å². The van der Waals surface area contributed by atoms with Gasteiger partial charge in [0.1, 0.15) is 17.2 Å². The van der Waals surface area contributed by atoms with Gasteiger partial charge in [0.25, 0.3) is 0 Å². The Morgan fingerprint density at radius 2 is 1.14 bits per heavy atom. The lowest BCUT2D eigenvalue weighted by Gasteiger charge is -2.26.